The van der Waals surface area contributed by atoms with Gasteiger partial charge in [-0.3, -0.25) is 4.79 Å². The summed E-state index contributed by atoms with van der Waals surface area (Å²) in [5.74, 6) is 0.386. The first-order valence-corrected chi connectivity index (χ1v) is 8.33. The number of aromatic nitrogens is 1. The number of amides is 1. The fourth-order valence-corrected chi connectivity index (χ4v) is 2.43. The highest BCUT2D eigenvalue weighted by Crippen LogP contribution is 2.31. The number of benzene rings is 1. The lowest BCUT2D eigenvalue weighted by molar-refractivity contribution is -0.137. The van der Waals surface area contributed by atoms with Gasteiger partial charge in [-0.1, -0.05) is 11.2 Å². The van der Waals surface area contributed by atoms with E-state index in [1.807, 2.05) is 0 Å². The van der Waals surface area contributed by atoms with Gasteiger partial charge in [-0.05, 0) is 38.5 Å². The molecule has 2 aromatic rings. The van der Waals surface area contributed by atoms with Crippen LogP contribution in [0.1, 0.15) is 29.0 Å². The highest BCUT2D eigenvalue weighted by atomic mass is 19.4. The van der Waals surface area contributed by atoms with Gasteiger partial charge < -0.3 is 19.7 Å². The lowest BCUT2D eigenvalue weighted by Crippen LogP contribution is -2.35. The van der Waals surface area contributed by atoms with Crippen molar-refractivity contribution in [3.63, 3.8) is 0 Å². The minimum Gasteiger partial charge on any atom is -0.491 e. The number of hydrogen-bond donors (Lipinski definition) is 2. The summed E-state index contributed by atoms with van der Waals surface area (Å²) in [5, 5.41) is 16.2. The molecule has 0 bridgehead atoms. The van der Waals surface area contributed by atoms with Crippen LogP contribution < -0.4 is 10.1 Å². The molecule has 1 heterocycles. The molecule has 0 fully saturated rings. The van der Waals surface area contributed by atoms with Crippen LogP contribution in [0.3, 0.4) is 0 Å². The number of carbonyl (C=O) groups excluding carboxylic acids is 1. The molecule has 1 aromatic carbocycles. The van der Waals surface area contributed by atoms with E-state index >= 15 is 0 Å². The number of alkyl halides is 3. The maximum Gasteiger partial charge on any atom is 0.416 e. The topological polar surface area (TPSA) is 84.6 Å². The second-order valence-corrected chi connectivity index (χ2v) is 6.10. The van der Waals surface area contributed by atoms with Crippen molar-refractivity contribution < 1.29 is 32.3 Å². The average Bonchev–Trinajstić information content (AvgIpc) is 2.94. The molecule has 0 aliphatic carbocycles. The highest BCUT2D eigenvalue weighted by molar-refractivity contribution is 5.76. The number of hydrogen-bond acceptors (Lipinski definition) is 5. The third-order valence-electron chi connectivity index (χ3n) is 3.92. The summed E-state index contributed by atoms with van der Waals surface area (Å²) in [6.45, 7) is 3.24. The predicted molar refractivity (Wildman–Crippen MR) is 90.3 cm³/mol. The summed E-state index contributed by atoms with van der Waals surface area (Å²) in [4.78, 5) is 11.9. The Morgan fingerprint density at radius 2 is 2.11 bits per heavy atom. The summed E-state index contributed by atoms with van der Waals surface area (Å²) in [7, 11) is 0. The first-order valence-electron chi connectivity index (χ1n) is 8.33. The van der Waals surface area contributed by atoms with Gasteiger partial charge in [-0.2, -0.15) is 13.2 Å². The number of aliphatic hydroxyl groups excluding tert-OH is 1. The summed E-state index contributed by atoms with van der Waals surface area (Å²) in [5.41, 5.74) is 0.774. The Morgan fingerprint density at radius 1 is 1.37 bits per heavy atom. The minimum atomic E-state index is -4.47. The predicted octanol–water partition coefficient (Wildman–Crippen LogP) is 2.80. The van der Waals surface area contributed by atoms with Crippen LogP contribution in [0.4, 0.5) is 13.2 Å². The van der Waals surface area contributed by atoms with E-state index in [1.54, 1.807) is 13.8 Å². The van der Waals surface area contributed by atoms with Crippen LogP contribution in [0.2, 0.25) is 0 Å². The van der Waals surface area contributed by atoms with Gasteiger partial charge >= 0.3 is 6.18 Å². The van der Waals surface area contributed by atoms with Crippen molar-refractivity contribution in [2.24, 2.45) is 0 Å². The maximum absolute atomic E-state index is 12.6. The lowest BCUT2D eigenvalue weighted by atomic mass is 10.1. The van der Waals surface area contributed by atoms with Crippen LogP contribution in [0.15, 0.2) is 28.8 Å². The van der Waals surface area contributed by atoms with E-state index in [4.69, 9.17) is 9.26 Å². The van der Waals surface area contributed by atoms with Gasteiger partial charge in [-0.15, -0.1) is 0 Å². The molecule has 1 unspecified atom stereocenters. The van der Waals surface area contributed by atoms with E-state index in [0.29, 0.717) is 12.2 Å². The van der Waals surface area contributed by atoms with Gasteiger partial charge in [-0.25, -0.2) is 0 Å². The Kier molecular flexibility index (Phi) is 6.84. The number of nitrogens with one attached hydrogen (secondary N) is 1. The molecule has 0 aliphatic rings. The van der Waals surface area contributed by atoms with E-state index in [0.717, 1.165) is 23.4 Å². The molecule has 0 radical (unpaired) electrons. The Balaban J connectivity index is 1.73. The van der Waals surface area contributed by atoms with E-state index in [-0.39, 0.29) is 31.2 Å². The molecule has 0 spiro atoms. The number of ether oxygens (including phenoxy) is 1. The normalized spacial score (nSPS) is 12.7. The van der Waals surface area contributed by atoms with Crippen molar-refractivity contribution in [1.29, 1.82) is 0 Å². The van der Waals surface area contributed by atoms with Gasteiger partial charge in [0.2, 0.25) is 5.91 Å². The molecule has 27 heavy (non-hydrogen) atoms. The summed E-state index contributed by atoms with van der Waals surface area (Å²) >= 11 is 0. The van der Waals surface area contributed by atoms with Gasteiger partial charge in [0.15, 0.2) is 0 Å². The Bertz CT molecular complexity index is 755. The van der Waals surface area contributed by atoms with Crippen LogP contribution in [0.5, 0.6) is 5.75 Å². The molecule has 148 valence electrons. The van der Waals surface area contributed by atoms with Crippen LogP contribution in [0, 0.1) is 13.8 Å². The van der Waals surface area contributed by atoms with E-state index in [1.165, 1.54) is 12.1 Å². The molecule has 6 nitrogen and oxygen atoms in total. The van der Waals surface area contributed by atoms with E-state index in [2.05, 4.69) is 10.5 Å². The monoisotopic (exact) mass is 386 g/mol. The van der Waals surface area contributed by atoms with E-state index < -0.39 is 17.8 Å². The van der Waals surface area contributed by atoms with Crippen molar-refractivity contribution >= 4 is 5.91 Å². The SMILES string of the molecule is Cc1noc(C)c1CCC(=O)NCC(O)COc1cccc(C(F)(F)F)c1. The van der Waals surface area contributed by atoms with Crippen molar-refractivity contribution in [2.45, 2.75) is 39.0 Å². The van der Waals surface area contributed by atoms with Crippen LogP contribution in [0.25, 0.3) is 0 Å². The number of carbonyl (C=O) groups is 1. The van der Waals surface area contributed by atoms with Gasteiger partial charge in [0.25, 0.3) is 0 Å². The molecule has 1 amide bonds. The molecule has 0 aliphatic heterocycles. The van der Waals surface area contributed by atoms with Gasteiger partial charge in [0.1, 0.15) is 24.2 Å². The fourth-order valence-electron chi connectivity index (χ4n) is 2.43. The molecule has 1 aromatic heterocycles. The molecule has 2 rings (SSSR count). The molecule has 0 saturated heterocycles. The molecule has 0 saturated carbocycles. The fraction of sp³-hybridized carbons (Fsp3) is 0.444. The summed E-state index contributed by atoms with van der Waals surface area (Å²) < 4.78 is 48.1. The second kappa shape index (κ2) is 8.90. The third kappa shape index (κ3) is 6.28. The van der Waals surface area contributed by atoms with Gasteiger partial charge in [0.05, 0.1) is 11.3 Å². The molecular weight excluding hydrogens is 365 g/mol. The number of halogens is 3. The first-order chi connectivity index (χ1) is 12.7. The summed E-state index contributed by atoms with van der Waals surface area (Å²) in [6, 6.07) is 4.38. The zero-order chi connectivity index (χ0) is 20.0. The molecule has 2 N–H and O–H groups in total. The second-order valence-electron chi connectivity index (χ2n) is 6.10. The standard InChI is InChI=1S/C18H21F3N2O4/c1-11-16(12(2)27-23-11)6-7-17(25)22-9-14(24)10-26-15-5-3-4-13(8-15)18(19,20)21/h3-5,8,14,24H,6-7,9-10H2,1-2H3,(H,22,25). The van der Waals surface area contributed by atoms with Gasteiger partial charge in [0, 0.05) is 18.5 Å². The Labute approximate surface area is 154 Å². The quantitative estimate of drug-likeness (QED) is 0.729. The number of aryl methyl sites for hydroxylation is 2. The number of rotatable bonds is 8. The van der Waals surface area contributed by atoms with Crippen molar-refractivity contribution in [2.75, 3.05) is 13.2 Å². The smallest absolute Gasteiger partial charge is 0.416 e. The van der Waals surface area contributed by atoms with Crippen LogP contribution in [-0.4, -0.2) is 35.4 Å². The molecular formula is C18H21F3N2O4. The highest BCUT2D eigenvalue weighted by Gasteiger charge is 2.30. The third-order valence-corrected chi connectivity index (χ3v) is 3.92. The lowest BCUT2D eigenvalue weighted by Gasteiger charge is -2.14. The maximum atomic E-state index is 12.6. The number of nitrogens with zero attached hydrogens (tertiary/aromatic N) is 1. The van der Waals surface area contributed by atoms with Crippen LogP contribution in [-0.2, 0) is 17.4 Å². The Hall–Kier alpha value is -2.55. The largest absolute Gasteiger partial charge is 0.491 e. The van der Waals surface area contributed by atoms with Crippen molar-refractivity contribution in [3.05, 3.63) is 46.8 Å². The van der Waals surface area contributed by atoms with Crippen molar-refractivity contribution in [1.82, 2.24) is 10.5 Å². The average molecular weight is 386 g/mol. The van der Waals surface area contributed by atoms with Crippen LogP contribution >= 0.6 is 0 Å². The minimum absolute atomic E-state index is 0.00592. The summed E-state index contributed by atoms with van der Waals surface area (Å²) in [6.07, 6.45) is -4.86. The Morgan fingerprint density at radius 3 is 2.74 bits per heavy atom. The first kappa shape index (κ1) is 20.8. The zero-order valence-corrected chi connectivity index (χ0v) is 15.0. The van der Waals surface area contributed by atoms with Crippen molar-refractivity contribution in [3.8, 4) is 5.75 Å². The number of aliphatic hydroxyl groups is 1. The zero-order valence-electron chi connectivity index (χ0n) is 15.0. The molecule has 9 heteroatoms. The van der Waals surface area contributed by atoms with E-state index in [9.17, 15) is 23.1 Å². The molecule has 1 atom stereocenters.